The van der Waals surface area contributed by atoms with Crippen molar-refractivity contribution in [1.29, 1.82) is 0 Å². The highest BCUT2D eigenvalue weighted by atomic mass is 16.5. The molecule has 1 aromatic heterocycles. The topological polar surface area (TPSA) is 45.6 Å². The Morgan fingerprint density at radius 3 is 2.84 bits per heavy atom. The Morgan fingerprint density at radius 2 is 2.05 bits per heavy atom. The second-order valence-corrected chi connectivity index (χ2v) is 4.48. The highest BCUT2D eigenvalue weighted by molar-refractivity contribution is 5.81. The SMILES string of the molecule is COCCN(CCO)Cc1cccc2cccnc12. The molecule has 0 unspecified atom stereocenters. The fourth-order valence-electron chi connectivity index (χ4n) is 2.17. The molecule has 0 atom stereocenters. The number of benzene rings is 1. The van der Waals surface area contributed by atoms with E-state index in [-0.39, 0.29) is 6.61 Å². The largest absolute Gasteiger partial charge is 0.395 e. The van der Waals surface area contributed by atoms with Crippen LogP contribution < -0.4 is 0 Å². The smallest absolute Gasteiger partial charge is 0.0746 e. The number of aliphatic hydroxyl groups excluding tert-OH is 1. The van der Waals surface area contributed by atoms with E-state index in [1.165, 1.54) is 5.56 Å². The van der Waals surface area contributed by atoms with Crippen molar-refractivity contribution in [2.45, 2.75) is 6.54 Å². The van der Waals surface area contributed by atoms with Crippen LogP contribution in [0.5, 0.6) is 0 Å². The van der Waals surface area contributed by atoms with Gasteiger partial charge in [-0.2, -0.15) is 0 Å². The zero-order chi connectivity index (χ0) is 13.5. The van der Waals surface area contributed by atoms with Gasteiger partial charge < -0.3 is 9.84 Å². The second kappa shape index (κ2) is 7.19. The molecule has 4 nitrogen and oxygen atoms in total. The molecular formula is C15H20N2O2. The van der Waals surface area contributed by atoms with Crippen LogP contribution in [-0.4, -0.2) is 48.4 Å². The van der Waals surface area contributed by atoms with Crippen molar-refractivity contribution in [3.63, 3.8) is 0 Å². The standard InChI is InChI=1S/C15H20N2O2/c1-19-11-9-17(8-10-18)12-14-5-2-4-13-6-3-7-16-15(13)14/h2-7,18H,8-12H2,1H3. The van der Waals surface area contributed by atoms with Crippen LogP contribution in [0.15, 0.2) is 36.5 Å². The lowest BCUT2D eigenvalue weighted by molar-refractivity contribution is 0.127. The van der Waals surface area contributed by atoms with Crippen molar-refractivity contribution in [2.24, 2.45) is 0 Å². The Labute approximate surface area is 113 Å². The molecule has 0 saturated carbocycles. The Balaban J connectivity index is 2.18. The second-order valence-electron chi connectivity index (χ2n) is 4.48. The third-order valence-electron chi connectivity index (χ3n) is 3.14. The Bertz CT molecular complexity index is 511. The van der Waals surface area contributed by atoms with Gasteiger partial charge >= 0.3 is 0 Å². The Kier molecular flexibility index (Phi) is 5.27. The zero-order valence-electron chi connectivity index (χ0n) is 11.2. The van der Waals surface area contributed by atoms with Gasteiger partial charge in [0.25, 0.3) is 0 Å². The van der Waals surface area contributed by atoms with Gasteiger partial charge in [-0.05, 0) is 11.6 Å². The Morgan fingerprint density at radius 1 is 1.21 bits per heavy atom. The van der Waals surface area contributed by atoms with Crippen LogP contribution >= 0.6 is 0 Å². The summed E-state index contributed by atoms with van der Waals surface area (Å²) in [7, 11) is 1.69. The van der Waals surface area contributed by atoms with E-state index < -0.39 is 0 Å². The van der Waals surface area contributed by atoms with E-state index in [2.05, 4.69) is 28.1 Å². The van der Waals surface area contributed by atoms with Crippen molar-refractivity contribution in [3.05, 3.63) is 42.1 Å². The molecule has 1 heterocycles. The molecule has 0 aliphatic heterocycles. The molecule has 19 heavy (non-hydrogen) atoms. The first-order chi connectivity index (χ1) is 9.35. The summed E-state index contributed by atoms with van der Waals surface area (Å²) >= 11 is 0. The molecule has 2 aromatic rings. The van der Waals surface area contributed by atoms with Gasteiger partial charge in [-0.25, -0.2) is 0 Å². The number of rotatable bonds is 7. The minimum Gasteiger partial charge on any atom is -0.395 e. The molecule has 102 valence electrons. The van der Waals surface area contributed by atoms with Gasteiger partial charge in [-0.3, -0.25) is 9.88 Å². The van der Waals surface area contributed by atoms with Crippen LogP contribution in [0.3, 0.4) is 0 Å². The molecule has 0 aliphatic rings. The number of aliphatic hydroxyl groups is 1. The fourth-order valence-corrected chi connectivity index (χ4v) is 2.17. The summed E-state index contributed by atoms with van der Waals surface area (Å²) in [5, 5.41) is 10.3. The summed E-state index contributed by atoms with van der Waals surface area (Å²) in [6.07, 6.45) is 1.82. The monoisotopic (exact) mass is 260 g/mol. The predicted molar refractivity (Wildman–Crippen MR) is 76.0 cm³/mol. The molecule has 0 aliphatic carbocycles. The van der Waals surface area contributed by atoms with Crippen LogP contribution in [0.1, 0.15) is 5.56 Å². The third kappa shape index (κ3) is 3.73. The quantitative estimate of drug-likeness (QED) is 0.822. The molecule has 1 aromatic carbocycles. The molecular weight excluding hydrogens is 240 g/mol. The van der Waals surface area contributed by atoms with Gasteiger partial charge in [0, 0.05) is 38.3 Å². The third-order valence-corrected chi connectivity index (χ3v) is 3.14. The Hall–Kier alpha value is -1.49. The summed E-state index contributed by atoms with van der Waals surface area (Å²) < 4.78 is 5.10. The zero-order valence-corrected chi connectivity index (χ0v) is 11.2. The predicted octanol–water partition coefficient (Wildman–Crippen LogP) is 1.68. The maximum Gasteiger partial charge on any atom is 0.0746 e. The number of fused-ring (bicyclic) bond motifs is 1. The summed E-state index contributed by atoms with van der Waals surface area (Å²) in [6, 6.07) is 10.2. The summed E-state index contributed by atoms with van der Waals surface area (Å²) in [6.45, 7) is 3.05. The molecule has 0 radical (unpaired) electrons. The van der Waals surface area contributed by atoms with E-state index in [1.54, 1.807) is 7.11 Å². The number of aromatic nitrogens is 1. The van der Waals surface area contributed by atoms with Gasteiger partial charge in [0.2, 0.25) is 0 Å². The first-order valence-corrected chi connectivity index (χ1v) is 6.50. The number of hydrogen-bond donors (Lipinski definition) is 1. The molecule has 2 rings (SSSR count). The van der Waals surface area contributed by atoms with Gasteiger partial charge in [0.15, 0.2) is 0 Å². The number of para-hydroxylation sites is 1. The molecule has 0 spiro atoms. The van der Waals surface area contributed by atoms with Crippen molar-refractivity contribution in [2.75, 3.05) is 33.4 Å². The average Bonchev–Trinajstić information content (AvgIpc) is 2.45. The highest BCUT2D eigenvalue weighted by Gasteiger charge is 2.08. The van der Waals surface area contributed by atoms with Gasteiger partial charge in [0.1, 0.15) is 0 Å². The number of methoxy groups -OCH3 is 1. The van der Waals surface area contributed by atoms with Crippen LogP contribution in [0.2, 0.25) is 0 Å². The molecule has 0 bridgehead atoms. The van der Waals surface area contributed by atoms with Crippen LogP contribution in [0.4, 0.5) is 0 Å². The maximum atomic E-state index is 9.13. The number of nitrogens with zero attached hydrogens (tertiary/aromatic N) is 2. The fraction of sp³-hybridized carbons (Fsp3) is 0.400. The molecule has 0 amide bonds. The van der Waals surface area contributed by atoms with Gasteiger partial charge in [-0.15, -0.1) is 0 Å². The van der Waals surface area contributed by atoms with E-state index in [1.807, 2.05) is 18.3 Å². The molecule has 4 heteroatoms. The van der Waals surface area contributed by atoms with Crippen LogP contribution in [0, 0.1) is 0 Å². The maximum absolute atomic E-state index is 9.13. The van der Waals surface area contributed by atoms with Gasteiger partial charge in [-0.1, -0.05) is 24.3 Å². The van der Waals surface area contributed by atoms with E-state index in [4.69, 9.17) is 9.84 Å². The number of ether oxygens (including phenoxy) is 1. The molecule has 1 N–H and O–H groups in total. The van der Waals surface area contributed by atoms with Crippen molar-refractivity contribution in [3.8, 4) is 0 Å². The highest BCUT2D eigenvalue weighted by Crippen LogP contribution is 2.17. The van der Waals surface area contributed by atoms with Crippen molar-refractivity contribution in [1.82, 2.24) is 9.88 Å². The summed E-state index contributed by atoms with van der Waals surface area (Å²) in [5.41, 5.74) is 2.22. The van der Waals surface area contributed by atoms with Crippen LogP contribution in [-0.2, 0) is 11.3 Å². The van der Waals surface area contributed by atoms with E-state index >= 15 is 0 Å². The van der Waals surface area contributed by atoms with Crippen molar-refractivity contribution < 1.29 is 9.84 Å². The number of hydrogen-bond acceptors (Lipinski definition) is 4. The lowest BCUT2D eigenvalue weighted by Gasteiger charge is -2.21. The van der Waals surface area contributed by atoms with E-state index in [0.29, 0.717) is 13.2 Å². The normalized spacial score (nSPS) is 11.3. The lowest BCUT2D eigenvalue weighted by Crippen LogP contribution is -2.30. The van der Waals surface area contributed by atoms with E-state index in [9.17, 15) is 0 Å². The summed E-state index contributed by atoms with van der Waals surface area (Å²) in [5.74, 6) is 0. The minimum absolute atomic E-state index is 0.155. The molecule has 0 saturated heterocycles. The lowest BCUT2D eigenvalue weighted by atomic mass is 10.1. The van der Waals surface area contributed by atoms with Gasteiger partial charge in [0.05, 0.1) is 18.7 Å². The average molecular weight is 260 g/mol. The van der Waals surface area contributed by atoms with Crippen molar-refractivity contribution >= 4 is 10.9 Å². The van der Waals surface area contributed by atoms with E-state index in [0.717, 1.165) is 24.0 Å². The summed E-state index contributed by atoms with van der Waals surface area (Å²) in [4.78, 5) is 6.63. The molecule has 0 fully saturated rings. The first-order valence-electron chi connectivity index (χ1n) is 6.50. The minimum atomic E-state index is 0.155. The number of pyridine rings is 1. The first kappa shape index (κ1) is 13.9. The van der Waals surface area contributed by atoms with Crippen LogP contribution in [0.25, 0.3) is 10.9 Å².